The van der Waals surface area contributed by atoms with Crippen molar-refractivity contribution < 1.29 is 4.42 Å². The standard InChI is InChI=1S/C10H12N2OS/c1-7(2)5-6-8(3)9-11-12-10(13-9)14-4/h5-6H,1,3H2,2,4H3/b6-5-. The lowest BCUT2D eigenvalue weighted by Crippen LogP contribution is -1.78. The van der Waals surface area contributed by atoms with Gasteiger partial charge in [0.05, 0.1) is 0 Å². The monoisotopic (exact) mass is 208 g/mol. The maximum Gasteiger partial charge on any atom is 0.276 e. The van der Waals surface area contributed by atoms with Crippen LogP contribution in [0.25, 0.3) is 5.57 Å². The molecule has 0 aromatic carbocycles. The molecule has 0 unspecified atom stereocenters. The van der Waals surface area contributed by atoms with Crippen LogP contribution in [0.4, 0.5) is 0 Å². The lowest BCUT2D eigenvalue weighted by Gasteiger charge is -1.90. The fourth-order valence-corrected chi connectivity index (χ4v) is 1.02. The molecule has 1 heterocycles. The largest absolute Gasteiger partial charge is 0.411 e. The SMILES string of the molecule is C=C(C)/C=C\C(=C)c1nnc(SC)o1. The van der Waals surface area contributed by atoms with E-state index in [0.717, 1.165) is 5.57 Å². The first-order valence-electron chi connectivity index (χ1n) is 4.04. The molecule has 1 rings (SSSR count). The second-order valence-corrected chi connectivity index (χ2v) is 3.54. The van der Waals surface area contributed by atoms with Crippen LogP contribution >= 0.6 is 11.8 Å². The molecular formula is C10H12N2OS. The van der Waals surface area contributed by atoms with E-state index in [2.05, 4.69) is 23.4 Å². The molecule has 0 atom stereocenters. The number of thioether (sulfide) groups is 1. The summed E-state index contributed by atoms with van der Waals surface area (Å²) in [5.74, 6) is 0.451. The second kappa shape index (κ2) is 4.81. The Bertz CT molecular complexity index is 379. The Hall–Kier alpha value is -1.29. The minimum absolute atomic E-state index is 0.451. The molecule has 0 saturated carbocycles. The topological polar surface area (TPSA) is 38.9 Å². The van der Waals surface area contributed by atoms with Crippen molar-refractivity contribution in [2.45, 2.75) is 12.1 Å². The van der Waals surface area contributed by atoms with Crippen molar-refractivity contribution in [1.29, 1.82) is 0 Å². The second-order valence-electron chi connectivity index (χ2n) is 2.78. The summed E-state index contributed by atoms with van der Waals surface area (Å²) < 4.78 is 5.29. The summed E-state index contributed by atoms with van der Waals surface area (Å²) in [5.41, 5.74) is 1.65. The van der Waals surface area contributed by atoms with Crippen molar-refractivity contribution in [2.75, 3.05) is 6.26 Å². The van der Waals surface area contributed by atoms with Gasteiger partial charge in [0.2, 0.25) is 5.89 Å². The third-order valence-electron chi connectivity index (χ3n) is 1.42. The van der Waals surface area contributed by atoms with Crippen molar-refractivity contribution in [3.05, 3.63) is 36.8 Å². The smallest absolute Gasteiger partial charge is 0.276 e. The van der Waals surface area contributed by atoms with Gasteiger partial charge in [-0.1, -0.05) is 36.6 Å². The minimum atomic E-state index is 0.451. The van der Waals surface area contributed by atoms with Crippen LogP contribution in [0.5, 0.6) is 0 Å². The average molecular weight is 208 g/mol. The Kier molecular flexibility index (Phi) is 3.71. The Balaban J connectivity index is 2.74. The Morgan fingerprint density at radius 1 is 1.36 bits per heavy atom. The van der Waals surface area contributed by atoms with E-state index in [1.54, 1.807) is 6.08 Å². The highest BCUT2D eigenvalue weighted by Crippen LogP contribution is 2.17. The average Bonchev–Trinajstić information content (AvgIpc) is 2.62. The summed E-state index contributed by atoms with van der Waals surface area (Å²) in [6, 6.07) is 0. The highest BCUT2D eigenvalue weighted by atomic mass is 32.2. The van der Waals surface area contributed by atoms with Crippen LogP contribution in [0.3, 0.4) is 0 Å². The van der Waals surface area contributed by atoms with Gasteiger partial charge in [0.15, 0.2) is 0 Å². The number of allylic oxidation sites excluding steroid dienone is 4. The lowest BCUT2D eigenvalue weighted by molar-refractivity contribution is 0.444. The molecule has 1 aromatic heterocycles. The molecule has 0 spiro atoms. The maximum absolute atomic E-state index is 5.29. The van der Waals surface area contributed by atoms with Crippen molar-refractivity contribution in [2.24, 2.45) is 0 Å². The zero-order chi connectivity index (χ0) is 10.6. The van der Waals surface area contributed by atoms with Gasteiger partial charge in [0.1, 0.15) is 0 Å². The highest BCUT2D eigenvalue weighted by molar-refractivity contribution is 7.98. The van der Waals surface area contributed by atoms with Gasteiger partial charge in [0.25, 0.3) is 5.22 Å². The van der Waals surface area contributed by atoms with Crippen molar-refractivity contribution in [3.8, 4) is 0 Å². The Morgan fingerprint density at radius 3 is 2.57 bits per heavy atom. The zero-order valence-electron chi connectivity index (χ0n) is 8.28. The van der Waals surface area contributed by atoms with Gasteiger partial charge in [-0.15, -0.1) is 10.2 Å². The van der Waals surface area contributed by atoms with Gasteiger partial charge < -0.3 is 4.42 Å². The molecule has 0 N–H and O–H groups in total. The van der Waals surface area contributed by atoms with E-state index < -0.39 is 0 Å². The Morgan fingerprint density at radius 2 is 2.07 bits per heavy atom. The van der Waals surface area contributed by atoms with Crippen LogP contribution in [-0.2, 0) is 0 Å². The predicted octanol–water partition coefficient (Wildman–Crippen LogP) is 2.94. The van der Waals surface area contributed by atoms with Crippen molar-refractivity contribution >= 4 is 17.3 Å². The third-order valence-corrected chi connectivity index (χ3v) is 1.94. The molecule has 74 valence electrons. The van der Waals surface area contributed by atoms with Crippen LogP contribution in [0, 0.1) is 0 Å². The molecule has 0 fully saturated rings. The lowest BCUT2D eigenvalue weighted by atomic mass is 10.2. The molecule has 0 aliphatic rings. The normalized spacial score (nSPS) is 10.7. The number of hydrogen-bond donors (Lipinski definition) is 0. The predicted molar refractivity (Wildman–Crippen MR) is 59.1 cm³/mol. The van der Waals surface area contributed by atoms with Gasteiger partial charge in [-0.2, -0.15) is 0 Å². The van der Waals surface area contributed by atoms with Gasteiger partial charge in [-0.3, -0.25) is 0 Å². The summed E-state index contributed by atoms with van der Waals surface area (Å²) in [5, 5.41) is 8.21. The molecule has 0 aliphatic carbocycles. The molecule has 4 heteroatoms. The zero-order valence-corrected chi connectivity index (χ0v) is 9.10. The molecule has 0 radical (unpaired) electrons. The number of aromatic nitrogens is 2. The summed E-state index contributed by atoms with van der Waals surface area (Å²) in [4.78, 5) is 0. The number of nitrogens with zero attached hydrogens (tertiary/aromatic N) is 2. The molecule has 3 nitrogen and oxygen atoms in total. The van der Waals surface area contributed by atoms with E-state index >= 15 is 0 Å². The van der Waals surface area contributed by atoms with E-state index in [9.17, 15) is 0 Å². The summed E-state index contributed by atoms with van der Waals surface area (Å²) in [7, 11) is 0. The fraction of sp³-hybridized carbons (Fsp3) is 0.200. The summed E-state index contributed by atoms with van der Waals surface area (Å²) in [6.07, 6.45) is 5.54. The van der Waals surface area contributed by atoms with E-state index in [0.29, 0.717) is 16.7 Å². The molecular weight excluding hydrogens is 196 g/mol. The molecule has 14 heavy (non-hydrogen) atoms. The van der Waals surface area contributed by atoms with Crippen LogP contribution in [0.2, 0.25) is 0 Å². The molecule has 0 bridgehead atoms. The quantitative estimate of drug-likeness (QED) is 0.563. The number of hydrogen-bond acceptors (Lipinski definition) is 4. The van der Waals surface area contributed by atoms with Crippen LogP contribution < -0.4 is 0 Å². The minimum Gasteiger partial charge on any atom is -0.411 e. The molecule has 0 aliphatic heterocycles. The van der Waals surface area contributed by atoms with E-state index in [-0.39, 0.29) is 0 Å². The van der Waals surface area contributed by atoms with Gasteiger partial charge in [0, 0.05) is 5.57 Å². The molecule has 1 aromatic rings. The summed E-state index contributed by atoms with van der Waals surface area (Å²) in [6.45, 7) is 9.46. The summed E-state index contributed by atoms with van der Waals surface area (Å²) >= 11 is 1.41. The van der Waals surface area contributed by atoms with Crippen molar-refractivity contribution in [1.82, 2.24) is 10.2 Å². The van der Waals surface area contributed by atoms with Crippen LogP contribution in [0.15, 0.2) is 40.5 Å². The molecule has 0 amide bonds. The first kappa shape index (κ1) is 10.8. The third kappa shape index (κ3) is 2.88. The maximum atomic E-state index is 5.29. The van der Waals surface area contributed by atoms with Crippen LogP contribution in [-0.4, -0.2) is 16.5 Å². The van der Waals surface area contributed by atoms with E-state index in [1.165, 1.54) is 11.8 Å². The molecule has 0 saturated heterocycles. The van der Waals surface area contributed by atoms with Crippen molar-refractivity contribution in [3.63, 3.8) is 0 Å². The fourth-order valence-electron chi connectivity index (χ4n) is 0.736. The van der Waals surface area contributed by atoms with Gasteiger partial charge >= 0.3 is 0 Å². The first-order valence-corrected chi connectivity index (χ1v) is 5.26. The van der Waals surface area contributed by atoms with Gasteiger partial charge in [-0.25, -0.2) is 0 Å². The van der Waals surface area contributed by atoms with E-state index in [4.69, 9.17) is 4.42 Å². The highest BCUT2D eigenvalue weighted by Gasteiger charge is 2.05. The van der Waals surface area contributed by atoms with E-state index in [1.807, 2.05) is 19.3 Å². The number of rotatable bonds is 4. The van der Waals surface area contributed by atoms with Crippen LogP contribution in [0.1, 0.15) is 12.8 Å². The Labute approximate surface area is 87.6 Å². The first-order chi connectivity index (χ1) is 6.63. The van der Waals surface area contributed by atoms with Gasteiger partial charge in [-0.05, 0) is 19.3 Å².